The molecule has 2 aromatic carbocycles. The number of nitrogens with zero attached hydrogens (tertiary/aromatic N) is 3. The standard InChI is InChI=1S/C26H26F3N5O4/c1-30-24(37)22(16-6-5-15-11-21(36)31-20(15)10-16)19(13-34-8-7-18(35)12-34)14-3-2-4-17(9-14)23-32-25(38-33-23)26(27,28)29/h2-6,9-10,18-19,22,35H,7-8,11-13H2,1H3,(H,30,37)(H,31,36)/t18-,19+,22?/m0/s1. The Morgan fingerprint density at radius 3 is 2.76 bits per heavy atom. The van der Waals surface area contributed by atoms with Crippen molar-refractivity contribution in [1.29, 1.82) is 0 Å². The number of aromatic nitrogens is 2. The van der Waals surface area contributed by atoms with E-state index in [2.05, 4.69) is 30.2 Å². The third-order valence-corrected chi connectivity index (χ3v) is 6.99. The van der Waals surface area contributed by atoms with E-state index in [1.54, 1.807) is 30.3 Å². The van der Waals surface area contributed by atoms with Crippen LogP contribution < -0.4 is 10.6 Å². The maximum absolute atomic E-state index is 13.4. The summed E-state index contributed by atoms with van der Waals surface area (Å²) in [6.07, 6.45) is -4.38. The van der Waals surface area contributed by atoms with Gasteiger partial charge in [-0.15, -0.1) is 0 Å². The number of β-amino-alcohol motifs (C(OH)–C–C–N with tert-alkyl or cyclic N) is 1. The second-order valence-electron chi connectivity index (χ2n) is 9.59. The molecule has 3 aromatic rings. The van der Waals surface area contributed by atoms with Crippen molar-refractivity contribution in [3.8, 4) is 11.4 Å². The van der Waals surface area contributed by atoms with Gasteiger partial charge in [-0.05, 0) is 35.2 Å². The first-order chi connectivity index (χ1) is 18.1. The van der Waals surface area contributed by atoms with E-state index in [1.165, 1.54) is 7.05 Å². The van der Waals surface area contributed by atoms with Crippen LogP contribution in [0.1, 0.15) is 40.8 Å². The third kappa shape index (κ3) is 5.27. The second kappa shape index (κ2) is 10.2. The predicted octanol–water partition coefficient (Wildman–Crippen LogP) is 2.93. The van der Waals surface area contributed by atoms with Crippen molar-refractivity contribution in [2.45, 2.75) is 37.0 Å². The maximum atomic E-state index is 13.4. The molecule has 1 aromatic heterocycles. The average Bonchev–Trinajstić information content (AvgIpc) is 3.62. The van der Waals surface area contributed by atoms with E-state index < -0.39 is 30.0 Å². The Kier molecular flexibility index (Phi) is 6.93. The third-order valence-electron chi connectivity index (χ3n) is 6.99. The number of aliphatic hydroxyl groups excluding tert-OH is 1. The van der Waals surface area contributed by atoms with Crippen LogP contribution in [0.4, 0.5) is 18.9 Å². The monoisotopic (exact) mass is 529 g/mol. The largest absolute Gasteiger partial charge is 0.471 e. The van der Waals surface area contributed by atoms with Gasteiger partial charge in [0.25, 0.3) is 0 Å². The summed E-state index contributed by atoms with van der Waals surface area (Å²) in [4.78, 5) is 30.8. The summed E-state index contributed by atoms with van der Waals surface area (Å²) in [7, 11) is 1.54. The summed E-state index contributed by atoms with van der Waals surface area (Å²) < 4.78 is 43.5. The van der Waals surface area contributed by atoms with Gasteiger partial charge in [-0.2, -0.15) is 18.2 Å². The van der Waals surface area contributed by atoms with Crippen LogP contribution in [0.15, 0.2) is 47.0 Å². The fourth-order valence-electron chi connectivity index (χ4n) is 5.17. The van der Waals surface area contributed by atoms with Crippen LogP contribution in [-0.2, 0) is 22.2 Å². The van der Waals surface area contributed by atoms with E-state index in [0.717, 1.165) is 5.56 Å². The van der Waals surface area contributed by atoms with Crippen LogP contribution >= 0.6 is 0 Å². The lowest BCUT2D eigenvalue weighted by atomic mass is 9.79. The number of anilines is 1. The number of benzene rings is 2. The summed E-state index contributed by atoms with van der Waals surface area (Å²) in [6, 6.07) is 12.1. The molecule has 2 amide bonds. The number of carbonyl (C=O) groups is 2. The van der Waals surface area contributed by atoms with E-state index in [1.807, 2.05) is 12.1 Å². The van der Waals surface area contributed by atoms with Gasteiger partial charge in [0, 0.05) is 43.9 Å². The predicted molar refractivity (Wildman–Crippen MR) is 130 cm³/mol. The van der Waals surface area contributed by atoms with Crippen molar-refractivity contribution in [1.82, 2.24) is 20.4 Å². The molecule has 12 heteroatoms. The van der Waals surface area contributed by atoms with E-state index >= 15 is 0 Å². The number of rotatable bonds is 7. The molecule has 3 heterocycles. The molecule has 2 aliphatic rings. The number of likely N-dealkylation sites (N-methyl/N-ethyl adjacent to an activating group) is 1. The number of aliphatic hydroxyl groups is 1. The second-order valence-corrected chi connectivity index (χ2v) is 9.59. The van der Waals surface area contributed by atoms with Gasteiger partial charge in [-0.1, -0.05) is 35.5 Å². The van der Waals surface area contributed by atoms with Crippen molar-refractivity contribution in [2.24, 2.45) is 0 Å². The molecule has 5 rings (SSSR count). The first kappa shape index (κ1) is 25.9. The highest BCUT2D eigenvalue weighted by Crippen LogP contribution is 2.39. The quantitative estimate of drug-likeness (QED) is 0.431. The van der Waals surface area contributed by atoms with Crippen molar-refractivity contribution in [2.75, 3.05) is 32.0 Å². The highest BCUT2D eigenvalue weighted by molar-refractivity contribution is 5.99. The summed E-state index contributed by atoms with van der Waals surface area (Å²) in [5, 5.41) is 19.2. The molecule has 1 fully saturated rings. The summed E-state index contributed by atoms with van der Waals surface area (Å²) >= 11 is 0. The van der Waals surface area contributed by atoms with Gasteiger partial charge in [-0.3, -0.25) is 9.59 Å². The number of hydrogen-bond acceptors (Lipinski definition) is 7. The highest BCUT2D eigenvalue weighted by Gasteiger charge is 2.39. The number of alkyl halides is 3. The van der Waals surface area contributed by atoms with Crippen LogP contribution in [0, 0.1) is 0 Å². The molecule has 2 aliphatic heterocycles. The number of hydrogen-bond donors (Lipinski definition) is 3. The Labute approximate surface area is 216 Å². The van der Waals surface area contributed by atoms with Crippen LogP contribution in [-0.4, -0.2) is 64.7 Å². The minimum absolute atomic E-state index is 0.123. The van der Waals surface area contributed by atoms with Gasteiger partial charge in [0.1, 0.15) is 0 Å². The SMILES string of the molecule is CNC(=O)C(c1ccc2c(c1)NC(=O)C2)[C@H](CN1CC[C@H](O)C1)c1cccc(-c2noc(C(F)(F)F)n2)c1. The topological polar surface area (TPSA) is 121 Å². The molecule has 0 radical (unpaired) electrons. The Morgan fingerprint density at radius 2 is 2.08 bits per heavy atom. The normalized spacial score (nSPS) is 19.2. The zero-order valence-corrected chi connectivity index (χ0v) is 20.5. The van der Waals surface area contributed by atoms with Crippen LogP contribution in [0.3, 0.4) is 0 Å². The smallest absolute Gasteiger partial charge is 0.392 e. The molecule has 200 valence electrons. The fraction of sp³-hybridized carbons (Fsp3) is 0.385. The zero-order valence-electron chi connectivity index (χ0n) is 20.5. The maximum Gasteiger partial charge on any atom is 0.471 e. The molecule has 1 unspecified atom stereocenters. The molecule has 9 nitrogen and oxygen atoms in total. The van der Waals surface area contributed by atoms with Crippen molar-refractivity contribution in [3.63, 3.8) is 0 Å². The van der Waals surface area contributed by atoms with Gasteiger partial charge in [0.15, 0.2) is 0 Å². The summed E-state index contributed by atoms with van der Waals surface area (Å²) in [6.45, 7) is 1.48. The Morgan fingerprint density at radius 1 is 1.26 bits per heavy atom. The molecule has 3 N–H and O–H groups in total. The first-order valence-electron chi connectivity index (χ1n) is 12.2. The van der Waals surface area contributed by atoms with E-state index in [0.29, 0.717) is 48.4 Å². The summed E-state index contributed by atoms with van der Waals surface area (Å²) in [5.41, 5.74) is 3.16. The minimum atomic E-state index is -4.77. The molecule has 0 aliphatic carbocycles. The number of halogens is 3. The molecule has 0 spiro atoms. The van der Waals surface area contributed by atoms with Crippen LogP contribution in [0.2, 0.25) is 0 Å². The lowest BCUT2D eigenvalue weighted by molar-refractivity contribution is -0.159. The lowest BCUT2D eigenvalue weighted by Gasteiger charge is -2.31. The number of amides is 2. The van der Waals surface area contributed by atoms with Gasteiger partial charge in [0.05, 0.1) is 18.4 Å². The fourth-order valence-corrected chi connectivity index (χ4v) is 5.17. The van der Waals surface area contributed by atoms with E-state index in [9.17, 15) is 27.9 Å². The molecule has 38 heavy (non-hydrogen) atoms. The van der Waals surface area contributed by atoms with Gasteiger partial charge in [0.2, 0.25) is 17.6 Å². The van der Waals surface area contributed by atoms with Gasteiger partial charge >= 0.3 is 12.1 Å². The van der Waals surface area contributed by atoms with E-state index in [-0.39, 0.29) is 24.1 Å². The van der Waals surface area contributed by atoms with Crippen molar-refractivity contribution in [3.05, 3.63) is 65.0 Å². The number of nitrogens with one attached hydrogen (secondary N) is 2. The molecular formula is C26H26F3N5O4. The lowest BCUT2D eigenvalue weighted by Crippen LogP contribution is -2.36. The Bertz CT molecular complexity index is 1360. The number of fused-ring (bicyclic) bond motifs is 1. The van der Waals surface area contributed by atoms with Gasteiger partial charge < -0.3 is 25.2 Å². The van der Waals surface area contributed by atoms with Crippen molar-refractivity contribution < 1.29 is 32.4 Å². The zero-order chi connectivity index (χ0) is 27.0. The average molecular weight is 530 g/mol. The van der Waals surface area contributed by atoms with Crippen LogP contribution in [0.5, 0.6) is 0 Å². The Hall–Kier alpha value is -3.77. The molecular weight excluding hydrogens is 503 g/mol. The summed E-state index contributed by atoms with van der Waals surface area (Å²) in [5.74, 6) is -3.20. The molecule has 0 bridgehead atoms. The van der Waals surface area contributed by atoms with Crippen LogP contribution in [0.25, 0.3) is 11.4 Å². The van der Waals surface area contributed by atoms with E-state index in [4.69, 9.17) is 0 Å². The number of carbonyl (C=O) groups excluding carboxylic acids is 2. The molecule has 0 saturated carbocycles. The van der Waals surface area contributed by atoms with Gasteiger partial charge in [-0.25, -0.2) is 0 Å². The highest BCUT2D eigenvalue weighted by atomic mass is 19.4. The molecule has 1 saturated heterocycles. The Balaban J connectivity index is 1.56. The first-order valence-corrected chi connectivity index (χ1v) is 12.2. The minimum Gasteiger partial charge on any atom is -0.392 e. The molecule has 3 atom stereocenters. The number of likely N-dealkylation sites (tertiary alicyclic amines) is 1. The van der Waals surface area contributed by atoms with Crippen molar-refractivity contribution >= 4 is 17.5 Å².